The Labute approximate surface area is 202 Å². The van der Waals surface area contributed by atoms with Crippen molar-refractivity contribution in [2.24, 2.45) is 5.73 Å². The normalized spacial score (nSPS) is 13.8. The van der Waals surface area contributed by atoms with Crippen LogP contribution in [0, 0.1) is 0 Å². The van der Waals surface area contributed by atoms with E-state index >= 15 is 0 Å². The van der Waals surface area contributed by atoms with Crippen LogP contribution >= 0.6 is 11.8 Å². The molecule has 1 fully saturated rings. The summed E-state index contributed by atoms with van der Waals surface area (Å²) in [7, 11) is 0. The van der Waals surface area contributed by atoms with Crippen LogP contribution in [0.25, 0.3) is 16.8 Å². The molecule has 0 atom stereocenters. The molecule has 0 saturated heterocycles. The molecule has 0 unspecified atom stereocenters. The number of hydrogen-bond donors (Lipinski definition) is 1. The van der Waals surface area contributed by atoms with Crippen LogP contribution in [0.15, 0.2) is 78.2 Å². The first-order valence-corrected chi connectivity index (χ1v) is 12.2. The fourth-order valence-corrected chi connectivity index (χ4v) is 5.36. The number of ether oxygens (including phenoxy) is 1. The van der Waals surface area contributed by atoms with Crippen molar-refractivity contribution in [2.45, 2.75) is 42.7 Å². The lowest BCUT2D eigenvalue weighted by Crippen LogP contribution is -2.10. The summed E-state index contributed by atoms with van der Waals surface area (Å²) in [5.74, 6) is 1.04. The van der Waals surface area contributed by atoms with E-state index in [0.717, 1.165) is 33.5 Å². The quantitative estimate of drug-likeness (QED) is 0.387. The number of carbonyl (C=O) groups is 1. The fourth-order valence-electron chi connectivity index (χ4n) is 4.09. The van der Waals surface area contributed by atoms with E-state index in [4.69, 9.17) is 10.5 Å². The lowest BCUT2D eigenvalue weighted by molar-refractivity contribution is 0.100. The van der Waals surface area contributed by atoms with E-state index in [9.17, 15) is 4.79 Å². The Kier molecular flexibility index (Phi) is 6.58. The number of carbonyl (C=O) groups excluding carboxylic acids is 1. The molecular formula is C26H25N5O2S. The summed E-state index contributed by atoms with van der Waals surface area (Å²) in [5, 5.41) is 10.4. The minimum Gasteiger partial charge on any atom is -0.486 e. The van der Waals surface area contributed by atoms with Gasteiger partial charge in [-0.25, -0.2) is 0 Å². The summed E-state index contributed by atoms with van der Waals surface area (Å²) < 4.78 is 8.11. The molecule has 1 aliphatic carbocycles. The Morgan fingerprint density at radius 3 is 2.35 bits per heavy atom. The van der Waals surface area contributed by atoms with Crippen LogP contribution in [0.4, 0.5) is 0 Å². The number of amides is 1. The molecule has 0 radical (unpaired) electrons. The predicted molar refractivity (Wildman–Crippen MR) is 132 cm³/mol. The molecular weight excluding hydrogens is 446 g/mol. The van der Waals surface area contributed by atoms with Crippen molar-refractivity contribution in [3.8, 4) is 22.6 Å². The van der Waals surface area contributed by atoms with Crippen molar-refractivity contribution >= 4 is 17.7 Å². The summed E-state index contributed by atoms with van der Waals surface area (Å²) in [6, 6.07) is 19.0. The Balaban J connectivity index is 1.31. The molecule has 8 heteroatoms. The van der Waals surface area contributed by atoms with Gasteiger partial charge in [0, 0.05) is 17.0 Å². The number of benzene rings is 2. The first-order valence-electron chi connectivity index (χ1n) is 11.3. The lowest BCUT2D eigenvalue weighted by atomic mass is 10.0. The highest BCUT2D eigenvalue weighted by Gasteiger charge is 2.22. The molecule has 1 saturated carbocycles. The summed E-state index contributed by atoms with van der Waals surface area (Å²) in [4.78, 5) is 15.5. The Hall–Kier alpha value is -3.65. The van der Waals surface area contributed by atoms with Gasteiger partial charge in [0.05, 0.1) is 11.9 Å². The maximum absolute atomic E-state index is 11.3. The van der Waals surface area contributed by atoms with Crippen LogP contribution in [0.3, 0.4) is 0 Å². The number of rotatable bonds is 8. The van der Waals surface area contributed by atoms with Crippen molar-refractivity contribution in [3.05, 3.63) is 84.4 Å². The summed E-state index contributed by atoms with van der Waals surface area (Å²) in [5.41, 5.74) is 8.77. The molecule has 2 N–H and O–H groups in total. The van der Waals surface area contributed by atoms with Gasteiger partial charge in [-0.2, -0.15) is 0 Å². The summed E-state index contributed by atoms with van der Waals surface area (Å²) in [6.45, 7) is 0.291. The van der Waals surface area contributed by atoms with Crippen molar-refractivity contribution in [2.75, 3.05) is 0 Å². The molecule has 2 aromatic heterocycles. The monoisotopic (exact) mass is 471 g/mol. The molecule has 4 aromatic rings. The number of nitrogens with zero attached hydrogens (tertiary/aromatic N) is 4. The highest BCUT2D eigenvalue weighted by molar-refractivity contribution is 7.99. The number of aromatic nitrogens is 4. The van der Waals surface area contributed by atoms with Gasteiger partial charge in [0.15, 0.2) is 11.0 Å². The first-order chi connectivity index (χ1) is 16.7. The van der Waals surface area contributed by atoms with Gasteiger partial charge in [0.2, 0.25) is 5.91 Å². The van der Waals surface area contributed by atoms with Gasteiger partial charge in [-0.05, 0) is 60.4 Å². The van der Waals surface area contributed by atoms with Gasteiger partial charge >= 0.3 is 0 Å². The third-order valence-corrected chi connectivity index (χ3v) is 7.18. The van der Waals surface area contributed by atoms with Crippen molar-refractivity contribution in [3.63, 3.8) is 0 Å². The van der Waals surface area contributed by atoms with E-state index in [1.807, 2.05) is 59.3 Å². The zero-order chi connectivity index (χ0) is 23.3. The molecule has 0 aliphatic heterocycles. The Bertz CT molecular complexity index is 1250. The zero-order valence-electron chi connectivity index (χ0n) is 18.6. The zero-order valence-corrected chi connectivity index (χ0v) is 19.4. The van der Waals surface area contributed by atoms with Crippen LogP contribution in [-0.4, -0.2) is 30.9 Å². The van der Waals surface area contributed by atoms with E-state index in [0.29, 0.717) is 17.4 Å². The molecule has 172 valence electrons. The molecule has 7 nitrogen and oxygen atoms in total. The maximum atomic E-state index is 11.3. The third kappa shape index (κ3) is 4.97. The second-order valence-corrected chi connectivity index (χ2v) is 9.49. The van der Waals surface area contributed by atoms with Gasteiger partial charge < -0.3 is 10.5 Å². The topological polar surface area (TPSA) is 95.9 Å². The van der Waals surface area contributed by atoms with E-state index < -0.39 is 5.91 Å². The Morgan fingerprint density at radius 1 is 1.00 bits per heavy atom. The van der Waals surface area contributed by atoms with Gasteiger partial charge in [0.1, 0.15) is 12.4 Å². The SMILES string of the molecule is NC(=O)c1ccc(-c2ccc(OCc3nnc(SC4CCCC4)n3-c3cccnc3)cc2)cc1. The van der Waals surface area contributed by atoms with E-state index in [1.54, 1.807) is 30.1 Å². The lowest BCUT2D eigenvalue weighted by Gasteiger charge is -2.13. The van der Waals surface area contributed by atoms with Crippen molar-refractivity contribution < 1.29 is 9.53 Å². The number of pyridine rings is 1. The van der Waals surface area contributed by atoms with Gasteiger partial charge in [-0.1, -0.05) is 48.9 Å². The molecule has 1 aliphatic rings. The average molecular weight is 472 g/mol. The molecule has 2 heterocycles. The molecule has 1 amide bonds. The molecule has 0 spiro atoms. The van der Waals surface area contributed by atoms with Gasteiger partial charge in [-0.15, -0.1) is 10.2 Å². The van der Waals surface area contributed by atoms with Crippen LogP contribution < -0.4 is 10.5 Å². The summed E-state index contributed by atoms with van der Waals surface area (Å²) in [6.07, 6.45) is 8.57. The minimum absolute atomic E-state index is 0.291. The molecule has 34 heavy (non-hydrogen) atoms. The Morgan fingerprint density at radius 2 is 1.71 bits per heavy atom. The molecule has 2 aromatic carbocycles. The average Bonchev–Trinajstić information content (AvgIpc) is 3.54. The number of nitrogens with two attached hydrogens (primary N) is 1. The van der Waals surface area contributed by atoms with Gasteiger partial charge in [0.25, 0.3) is 0 Å². The first kappa shape index (κ1) is 22.2. The highest BCUT2D eigenvalue weighted by Crippen LogP contribution is 2.35. The molecule has 5 rings (SSSR count). The minimum atomic E-state index is -0.431. The van der Waals surface area contributed by atoms with Crippen LogP contribution in [0.2, 0.25) is 0 Å². The van der Waals surface area contributed by atoms with Crippen molar-refractivity contribution in [1.82, 2.24) is 19.7 Å². The second kappa shape index (κ2) is 10.1. The van der Waals surface area contributed by atoms with Crippen LogP contribution in [0.1, 0.15) is 41.9 Å². The third-order valence-electron chi connectivity index (χ3n) is 5.90. The standard InChI is InChI=1S/C26H25N5O2S/c27-25(32)20-9-7-18(8-10-20)19-11-13-22(14-12-19)33-17-24-29-30-26(34-23-5-1-2-6-23)31(24)21-4-3-15-28-16-21/h3-4,7-16,23H,1-2,5-6,17H2,(H2,27,32). The number of primary amides is 1. The van der Waals surface area contributed by atoms with Crippen LogP contribution in [-0.2, 0) is 6.61 Å². The number of thioether (sulfide) groups is 1. The number of hydrogen-bond acceptors (Lipinski definition) is 6. The van der Waals surface area contributed by atoms with E-state index in [1.165, 1.54) is 25.7 Å². The van der Waals surface area contributed by atoms with Crippen molar-refractivity contribution in [1.29, 1.82) is 0 Å². The fraction of sp³-hybridized carbons (Fsp3) is 0.231. The maximum Gasteiger partial charge on any atom is 0.248 e. The smallest absolute Gasteiger partial charge is 0.248 e. The van der Waals surface area contributed by atoms with Crippen LogP contribution in [0.5, 0.6) is 5.75 Å². The largest absolute Gasteiger partial charge is 0.486 e. The van der Waals surface area contributed by atoms with E-state index in [-0.39, 0.29) is 0 Å². The van der Waals surface area contributed by atoms with Gasteiger partial charge in [-0.3, -0.25) is 14.3 Å². The predicted octanol–water partition coefficient (Wildman–Crippen LogP) is 5.04. The van der Waals surface area contributed by atoms with E-state index in [2.05, 4.69) is 15.2 Å². The highest BCUT2D eigenvalue weighted by atomic mass is 32.2. The summed E-state index contributed by atoms with van der Waals surface area (Å²) >= 11 is 1.79. The second-order valence-electron chi connectivity index (χ2n) is 8.22. The molecule has 0 bridgehead atoms.